The second kappa shape index (κ2) is 10.5. The Balaban J connectivity index is 1.34. The SMILES string of the molecule is CCOc1ccc(C(=O)NNC(=O)CCN2CCN(c3ccccc3)CC2)cc1. The van der Waals surface area contributed by atoms with Crippen LogP contribution in [-0.2, 0) is 4.79 Å². The number of para-hydroxylation sites is 1. The van der Waals surface area contributed by atoms with Crippen molar-refractivity contribution in [3.05, 3.63) is 60.2 Å². The van der Waals surface area contributed by atoms with Gasteiger partial charge >= 0.3 is 0 Å². The standard InChI is InChI=1S/C22H28N4O3/c1-2-29-20-10-8-18(9-11-20)22(28)24-23-21(27)12-13-25-14-16-26(17-15-25)19-6-4-3-5-7-19/h3-11H,2,12-17H2,1H3,(H,23,27)(H,24,28). The molecule has 154 valence electrons. The van der Waals surface area contributed by atoms with E-state index in [2.05, 4.69) is 32.8 Å². The van der Waals surface area contributed by atoms with Crippen molar-refractivity contribution in [2.75, 3.05) is 44.2 Å². The number of nitrogens with zero attached hydrogens (tertiary/aromatic N) is 2. The van der Waals surface area contributed by atoms with Gasteiger partial charge in [-0.05, 0) is 43.3 Å². The molecule has 0 atom stereocenters. The van der Waals surface area contributed by atoms with Crippen molar-refractivity contribution in [2.24, 2.45) is 0 Å². The first-order valence-corrected chi connectivity index (χ1v) is 10.00. The molecule has 2 amide bonds. The summed E-state index contributed by atoms with van der Waals surface area (Å²) in [6, 6.07) is 17.2. The molecule has 0 aromatic heterocycles. The van der Waals surface area contributed by atoms with Crippen LogP contribution in [0.4, 0.5) is 5.69 Å². The summed E-state index contributed by atoms with van der Waals surface area (Å²) in [4.78, 5) is 28.8. The molecule has 1 saturated heterocycles. The van der Waals surface area contributed by atoms with Gasteiger partial charge in [-0.25, -0.2) is 0 Å². The third-order valence-electron chi connectivity index (χ3n) is 4.89. The highest BCUT2D eigenvalue weighted by molar-refractivity contribution is 5.95. The van der Waals surface area contributed by atoms with Crippen molar-refractivity contribution in [3.63, 3.8) is 0 Å². The predicted molar refractivity (Wildman–Crippen MR) is 113 cm³/mol. The Bertz CT molecular complexity index is 787. The molecule has 1 aliphatic rings. The minimum Gasteiger partial charge on any atom is -0.494 e. The minimum absolute atomic E-state index is 0.199. The fraction of sp³-hybridized carbons (Fsp3) is 0.364. The zero-order chi connectivity index (χ0) is 20.5. The van der Waals surface area contributed by atoms with Gasteiger partial charge in [-0.2, -0.15) is 0 Å². The molecule has 29 heavy (non-hydrogen) atoms. The number of piperazine rings is 1. The molecule has 1 heterocycles. The number of amides is 2. The molecule has 3 rings (SSSR count). The van der Waals surface area contributed by atoms with E-state index in [0.29, 0.717) is 30.9 Å². The van der Waals surface area contributed by atoms with Crippen LogP contribution >= 0.6 is 0 Å². The van der Waals surface area contributed by atoms with E-state index >= 15 is 0 Å². The maximum atomic E-state index is 12.1. The first-order valence-electron chi connectivity index (χ1n) is 10.00. The molecule has 2 aromatic rings. The summed E-state index contributed by atoms with van der Waals surface area (Å²) in [5.74, 6) is 0.160. The summed E-state index contributed by atoms with van der Waals surface area (Å²) >= 11 is 0. The number of carbonyl (C=O) groups is 2. The Morgan fingerprint density at radius 1 is 0.931 bits per heavy atom. The van der Waals surface area contributed by atoms with Crippen molar-refractivity contribution in [2.45, 2.75) is 13.3 Å². The first kappa shape index (κ1) is 20.7. The lowest BCUT2D eigenvalue weighted by Crippen LogP contribution is -2.48. The van der Waals surface area contributed by atoms with Crippen LogP contribution in [0.3, 0.4) is 0 Å². The summed E-state index contributed by atoms with van der Waals surface area (Å²) < 4.78 is 5.35. The highest BCUT2D eigenvalue weighted by Gasteiger charge is 2.17. The molecule has 0 unspecified atom stereocenters. The Hall–Kier alpha value is -3.06. The topological polar surface area (TPSA) is 73.9 Å². The first-order chi connectivity index (χ1) is 14.2. The number of hydrogen-bond acceptors (Lipinski definition) is 5. The molecule has 7 nitrogen and oxygen atoms in total. The second-order valence-corrected chi connectivity index (χ2v) is 6.87. The molecule has 0 radical (unpaired) electrons. The van der Waals surface area contributed by atoms with Gasteiger partial charge in [0.05, 0.1) is 6.61 Å². The molecular formula is C22H28N4O3. The molecule has 2 N–H and O–H groups in total. The number of ether oxygens (including phenoxy) is 1. The van der Waals surface area contributed by atoms with E-state index < -0.39 is 0 Å². The molecule has 7 heteroatoms. The second-order valence-electron chi connectivity index (χ2n) is 6.87. The normalized spacial score (nSPS) is 14.3. The van der Waals surface area contributed by atoms with Gasteiger partial charge in [-0.15, -0.1) is 0 Å². The molecule has 1 fully saturated rings. The smallest absolute Gasteiger partial charge is 0.269 e. The van der Waals surface area contributed by atoms with Crippen molar-refractivity contribution in [1.29, 1.82) is 0 Å². The zero-order valence-corrected chi connectivity index (χ0v) is 16.8. The quantitative estimate of drug-likeness (QED) is 0.701. The lowest BCUT2D eigenvalue weighted by atomic mass is 10.2. The maximum Gasteiger partial charge on any atom is 0.269 e. The third-order valence-corrected chi connectivity index (χ3v) is 4.89. The van der Waals surface area contributed by atoms with Gasteiger partial charge in [0, 0.05) is 50.4 Å². The molecule has 1 aliphatic heterocycles. The van der Waals surface area contributed by atoms with Gasteiger partial charge in [0.2, 0.25) is 5.91 Å². The predicted octanol–water partition coefficient (Wildman–Crippen LogP) is 2.06. The Morgan fingerprint density at radius 2 is 1.62 bits per heavy atom. The van der Waals surface area contributed by atoms with E-state index in [9.17, 15) is 9.59 Å². The molecule has 0 saturated carbocycles. The monoisotopic (exact) mass is 396 g/mol. The van der Waals surface area contributed by atoms with Crippen molar-refractivity contribution in [1.82, 2.24) is 15.8 Å². The van der Waals surface area contributed by atoms with Crippen LogP contribution in [0.2, 0.25) is 0 Å². The van der Waals surface area contributed by atoms with Gasteiger partial charge in [-0.1, -0.05) is 18.2 Å². The van der Waals surface area contributed by atoms with E-state index in [4.69, 9.17) is 4.74 Å². The number of benzene rings is 2. The van der Waals surface area contributed by atoms with E-state index in [0.717, 1.165) is 26.2 Å². The fourth-order valence-electron chi connectivity index (χ4n) is 3.26. The van der Waals surface area contributed by atoms with E-state index in [-0.39, 0.29) is 11.8 Å². The highest BCUT2D eigenvalue weighted by atomic mass is 16.5. The summed E-state index contributed by atoms with van der Waals surface area (Å²) in [5.41, 5.74) is 6.65. The number of hydrogen-bond donors (Lipinski definition) is 2. The van der Waals surface area contributed by atoms with Gasteiger partial charge in [0.1, 0.15) is 5.75 Å². The van der Waals surface area contributed by atoms with Crippen molar-refractivity contribution >= 4 is 17.5 Å². The Kier molecular flexibility index (Phi) is 7.47. The van der Waals surface area contributed by atoms with E-state index in [1.54, 1.807) is 24.3 Å². The van der Waals surface area contributed by atoms with Gasteiger partial charge < -0.3 is 9.64 Å². The molecule has 0 aliphatic carbocycles. The number of nitrogens with one attached hydrogen (secondary N) is 2. The zero-order valence-electron chi connectivity index (χ0n) is 16.8. The van der Waals surface area contributed by atoms with Crippen molar-refractivity contribution < 1.29 is 14.3 Å². The maximum absolute atomic E-state index is 12.1. The van der Waals surface area contributed by atoms with Crippen LogP contribution in [0.15, 0.2) is 54.6 Å². The average molecular weight is 396 g/mol. The summed E-state index contributed by atoms with van der Waals surface area (Å²) in [6.07, 6.45) is 0.342. The van der Waals surface area contributed by atoms with Gasteiger partial charge in [0.25, 0.3) is 5.91 Å². The van der Waals surface area contributed by atoms with E-state index in [1.807, 2.05) is 25.1 Å². The van der Waals surface area contributed by atoms with Gasteiger partial charge in [-0.3, -0.25) is 25.3 Å². The van der Waals surface area contributed by atoms with Crippen LogP contribution in [-0.4, -0.2) is 56.0 Å². The Morgan fingerprint density at radius 3 is 2.28 bits per heavy atom. The van der Waals surface area contributed by atoms with Crippen LogP contribution in [0.1, 0.15) is 23.7 Å². The van der Waals surface area contributed by atoms with Crippen LogP contribution < -0.4 is 20.5 Å². The van der Waals surface area contributed by atoms with Crippen LogP contribution in [0.25, 0.3) is 0 Å². The van der Waals surface area contributed by atoms with Crippen LogP contribution in [0, 0.1) is 0 Å². The Labute approximate surface area is 171 Å². The molecule has 0 spiro atoms. The van der Waals surface area contributed by atoms with Gasteiger partial charge in [0.15, 0.2) is 0 Å². The molecule has 2 aromatic carbocycles. The largest absolute Gasteiger partial charge is 0.494 e. The third kappa shape index (κ3) is 6.22. The number of anilines is 1. The number of hydrazine groups is 1. The minimum atomic E-state index is -0.349. The molecular weight excluding hydrogens is 368 g/mol. The highest BCUT2D eigenvalue weighted by Crippen LogP contribution is 2.15. The van der Waals surface area contributed by atoms with Crippen molar-refractivity contribution in [3.8, 4) is 5.75 Å². The van der Waals surface area contributed by atoms with E-state index in [1.165, 1.54) is 5.69 Å². The molecule has 0 bridgehead atoms. The lowest BCUT2D eigenvalue weighted by molar-refractivity contribution is -0.122. The fourth-order valence-corrected chi connectivity index (χ4v) is 3.26. The number of rotatable bonds is 7. The average Bonchev–Trinajstić information content (AvgIpc) is 2.78. The lowest BCUT2D eigenvalue weighted by Gasteiger charge is -2.36. The van der Waals surface area contributed by atoms with Crippen LogP contribution in [0.5, 0.6) is 5.75 Å². The summed E-state index contributed by atoms with van der Waals surface area (Å²) in [6.45, 7) is 6.87. The number of carbonyl (C=O) groups excluding carboxylic acids is 2. The summed E-state index contributed by atoms with van der Waals surface area (Å²) in [5, 5.41) is 0. The summed E-state index contributed by atoms with van der Waals surface area (Å²) in [7, 11) is 0.